The monoisotopic (exact) mass is 502 g/mol. The average Bonchev–Trinajstić information content (AvgIpc) is 2.82. The summed E-state index contributed by atoms with van der Waals surface area (Å²) in [5.74, 6) is -3.00. The Balaban J connectivity index is 2.39. The maximum Gasteiger partial charge on any atom is 0.183 e. The van der Waals surface area contributed by atoms with Crippen LogP contribution in [0.15, 0.2) is 65.3 Å². The van der Waals surface area contributed by atoms with Gasteiger partial charge in [0.25, 0.3) is 0 Å². The van der Waals surface area contributed by atoms with Crippen LogP contribution in [0, 0.1) is 28.1 Å². The summed E-state index contributed by atoms with van der Waals surface area (Å²) in [4.78, 5) is 57.9. The van der Waals surface area contributed by atoms with Gasteiger partial charge in [-0.15, -0.1) is 0 Å². The van der Waals surface area contributed by atoms with E-state index in [-0.39, 0.29) is 31.0 Å². The van der Waals surface area contributed by atoms with Crippen LogP contribution in [0.25, 0.3) is 0 Å². The Labute approximate surface area is 222 Å². The third-order valence-electron chi connectivity index (χ3n) is 8.74. The number of carbonyl (C=O) groups is 4. The van der Waals surface area contributed by atoms with E-state index in [0.717, 1.165) is 16.7 Å². The lowest BCUT2D eigenvalue weighted by Gasteiger charge is -2.60. The molecule has 2 aliphatic carbocycles. The van der Waals surface area contributed by atoms with E-state index in [9.17, 15) is 19.2 Å². The summed E-state index contributed by atoms with van der Waals surface area (Å²) >= 11 is 0. The van der Waals surface area contributed by atoms with E-state index in [1.54, 1.807) is 30.3 Å². The smallest absolute Gasteiger partial charge is 0.183 e. The van der Waals surface area contributed by atoms with Crippen molar-refractivity contribution >= 4 is 23.1 Å². The first-order valence-corrected chi connectivity index (χ1v) is 13.4. The number of fused-ring (bicyclic) bond motifs is 2. The van der Waals surface area contributed by atoms with E-state index in [1.165, 1.54) is 0 Å². The van der Waals surface area contributed by atoms with Gasteiger partial charge in [0, 0.05) is 5.56 Å². The van der Waals surface area contributed by atoms with Gasteiger partial charge in [-0.25, -0.2) is 0 Å². The summed E-state index contributed by atoms with van der Waals surface area (Å²) < 4.78 is 0. The van der Waals surface area contributed by atoms with Gasteiger partial charge in [0.05, 0.1) is 11.3 Å². The zero-order valence-electron chi connectivity index (χ0n) is 23.7. The first kappa shape index (κ1) is 28.7. The molecule has 4 nitrogen and oxygen atoms in total. The van der Waals surface area contributed by atoms with Crippen LogP contribution in [-0.2, 0) is 14.4 Å². The molecule has 0 heterocycles. The minimum Gasteiger partial charge on any atom is -0.298 e. The molecule has 1 aromatic rings. The molecule has 37 heavy (non-hydrogen) atoms. The largest absolute Gasteiger partial charge is 0.298 e. The van der Waals surface area contributed by atoms with E-state index < -0.39 is 39.5 Å². The fourth-order valence-corrected chi connectivity index (χ4v) is 6.36. The molecule has 1 aromatic carbocycles. The van der Waals surface area contributed by atoms with Crippen molar-refractivity contribution in [2.24, 2.45) is 28.1 Å². The molecule has 0 aromatic heterocycles. The molecule has 0 N–H and O–H groups in total. The Morgan fingerprint density at radius 3 is 1.89 bits per heavy atom. The van der Waals surface area contributed by atoms with Crippen LogP contribution in [0.4, 0.5) is 0 Å². The van der Waals surface area contributed by atoms with Crippen molar-refractivity contribution in [1.29, 1.82) is 0 Å². The van der Waals surface area contributed by atoms with Gasteiger partial charge in [-0.2, -0.15) is 0 Å². The normalized spacial score (nSPS) is 28.4. The molecular formula is C33H42O4. The third-order valence-corrected chi connectivity index (χ3v) is 8.74. The van der Waals surface area contributed by atoms with E-state index >= 15 is 0 Å². The number of benzene rings is 1. The Morgan fingerprint density at radius 2 is 1.35 bits per heavy atom. The molecule has 0 radical (unpaired) electrons. The molecule has 2 fully saturated rings. The van der Waals surface area contributed by atoms with Crippen molar-refractivity contribution in [1.82, 2.24) is 0 Å². The van der Waals surface area contributed by atoms with E-state index in [2.05, 4.69) is 6.08 Å². The first-order chi connectivity index (χ1) is 17.2. The number of ketones is 4. The molecule has 2 saturated carbocycles. The van der Waals surface area contributed by atoms with Crippen molar-refractivity contribution in [3.63, 3.8) is 0 Å². The molecular weight excluding hydrogens is 460 g/mol. The highest BCUT2D eigenvalue weighted by Crippen LogP contribution is 2.65. The van der Waals surface area contributed by atoms with Gasteiger partial charge in [0.2, 0.25) is 0 Å². The van der Waals surface area contributed by atoms with Crippen LogP contribution >= 0.6 is 0 Å². The highest BCUT2D eigenvalue weighted by molar-refractivity contribution is 6.40. The maximum atomic E-state index is 14.8. The number of Topliss-reactive ketones (excluding diaryl/α,β-unsaturated/α-hetero) is 4. The summed E-state index contributed by atoms with van der Waals surface area (Å²) in [5.41, 5.74) is -0.610. The molecule has 3 rings (SSSR count). The highest BCUT2D eigenvalue weighted by Gasteiger charge is 2.76. The van der Waals surface area contributed by atoms with Gasteiger partial charge in [-0.1, -0.05) is 79.1 Å². The lowest BCUT2D eigenvalue weighted by Crippen LogP contribution is -2.73. The van der Waals surface area contributed by atoms with Crippen LogP contribution in [0.5, 0.6) is 0 Å². The van der Waals surface area contributed by atoms with Gasteiger partial charge in [0.1, 0.15) is 0 Å². The summed E-state index contributed by atoms with van der Waals surface area (Å²) in [6.07, 6.45) is 7.06. The number of allylic oxidation sites excluding steroid dienone is 6. The van der Waals surface area contributed by atoms with Gasteiger partial charge in [0.15, 0.2) is 28.5 Å². The number of hydrogen-bond donors (Lipinski definition) is 0. The van der Waals surface area contributed by atoms with Crippen LogP contribution in [-0.4, -0.2) is 23.1 Å². The fourth-order valence-electron chi connectivity index (χ4n) is 6.36. The standard InChI is InChI=1S/C33H42O4/c1-21(2)14-16-25-20-32(27(34)24-12-10-9-11-13-24)28(35)26(17-15-22(3)4)29(36)33(30(32)37,31(25,7)8)19-18-23(5)6/h9-15,18,25-26H,16-17,19-20H2,1-8H3. The lowest BCUT2D eigenvalue weighted by atomic mass is 9.37. The second kappa shape index (κ2) is 10.5. The van der Waals surface area contributed by atoms with Crippen molar-refractivity contribution < 1.29 is 19.2 Å². The van der Waals surface area contributed by atoms with Crippen molar-refractivity contribution in [2.75, 3.05) is 0 Å². The minimum absolute atomic E-state index is 0.129. The summed E-state index contributed by atoms with van der Waals surface area (Å²) in [5, 5.41) is 0. The topological polar surface area (TPSA) is 68.3 Å². The molecule has 4 unspecified atom stereocenters. The van der Waals surface area contributed by atoms with Crippen LogP contribution < -0.4 is 0 Å². The number of hydrogen-bond acceptors (Lipinski definition) is 4. The van der Waals surface area contributed by atoms with E-state index in [1.807, 2.05) is 67.5 Å². The van der Waals surface area contributed by atoms with E-state index in [4.69, 9.17) is 0 Å². The Hall–Kier alpha value is -2.88. The first-order valence-electron chi connectivity index (χ1n) is 13.4. The fraction of sp³-hybridized carbons (Fsp3) is 0.515. The predicted octanol–water partition coefficient (Wildman–Crippen LogP) is 7.29. The van der Waals surface area contributed by atoms with Crippen LogP contribution in [0.2, 0.25) is 0 Å². The summed E-state index contributed by atoms with van der Waals surface area (Å²) in [7, 11) is 0. The maximum absolute atomic E-state index is 14.8. The molecule has 198 valence electrons. The Kier molecular flexibility index (Phi) is 8.12. The third kappa shape index (κ3) is 4.64. The van der Waals surface area contributed by atoms with Crippen molar-refractivity contribution in [2.45, 2.75) is 81.1 Å². The number of rotatable bonds is 8. The van der Waals surface area contributed by atoms with Crippen LogP contribution in [0.1, 0.15) is 91.4 Å². The zero-order chi connectivity index (χ0) is 27.8. The van der Waals surface area contributed by atoms with Gasteiger partial charge < -0.3 is 0 Å². The zero-order valence-corrected chi connectivity index (χ0v) is 23.7. The van der Waals surface area contributed by atoms with Crippen molar-refractivity contribution in [3.8, 4) is 0 Å². The molecule has 0 amide bonds. The van der Waals surface area contributed by atoms with Crippen molar-refractivity contribution in [3.05, 3.63) is 70.8 Å². The Morgan fingerprint density at radius 1 is 0.811 bits per heavy atom. The summed E-state index contributed by atoms with van der Waals surface area (Å²) in [6, 6.07) is 8.64. The predicted molar refractivity (Wildman–Crippen MR) is 148 cm³/mol. The molecule has 4 atom stereocenters. The quantitative estimate of drug-likeness (QED) is 0.213. The second-order valence-electron chi connectivity index (χ2n) is 12.3. The molecule has 4 heteroatoms. The average molecular weight is 503 g/mol. The summed E-state index contributed by atoms with van der Waals surface area (Å²) in [6.45, 7) is 15.7. The number of carbonyl (C=O) groups excluding carboxylic acids is 4. The van der Waals surface area contributed by atoms with Gasteiger partial charge >= 0.3 is 0 Å². The minimum atomic E-state index is -1.86. The van der Waals surface area contributed by atoms with Gasteiger partial charge in [-0.05, 0) is 78.6 Å². The molecule has 0 spiro atoms. The second-order valence-corrected chi connectivity index (χ2v) is 12.3. The SMILES string of the molecule is CC(C)=CCC1C(=O)C2(C(=O)c3ccccc3)CC(CC=C(C)C)C(C)(C)C(CC=C(C)C)(C1=O)C2=O. The molecule has 0 aliphatic heterocycles. The van der Waals surface area contributed by atoms with Gasteiger partial charge in [-0.3, -0.25) is 19.2 Å². The molecule has 0 saturated heterocycles. The Bertz CT molecular complexity index is 1180. The van der Waals surface area contributed by atoms with Crippen LogP contribution in [0.3, 0.4) is 0 Å². The molecule has 2 bridgehead atoms. The highest BCUT2D eigenvalue weighted by atomic mass is 16.2. The van der Waals surface area contributed by atoms with E-state index in [0.29, 0.717) is 12.0 Å². The molecule has 2 aliphatic rings. The lowest BCUT2D eigenvalue weighted by molar-refractivity contribution is -0.180.